The van der Waals surface area contributed by atoms with Gasteiger partial charge < -0.3 is 15.4 Å². The van der Waals surface area contributed by atoms with Gasteiger partial charge in [-0.2, -0.15) is 0 Å². The summed E-state index contributed by atoms with van der Waals surface area (Å²) in [5.74, 6) is -2.30. The third-order valence-corrected chi connectivity index (χ3v) is 5.61. The second kappa shape index (κ2) is 7.29. The number of amides is 1. The van der Waals surface area contributed by atoms with Crippen LogP contribution in [-0.4, -0.2) is 33.8 Å². The fourth-order valence-electron chi connectivity index (χ4n) is 4.22. The molecular weight excluding hydrogens is 348 g/mol. The molecule has 3 N–H and O–H groups in total. The highest BCUT2D eigenvalue weighted by Crippen LogP contribution is 2.33. The Morgan fingerprint density at radius 2 is 1.85 bits per heavy atom. The number of hydrogen-bond acceptors (Lipinski definition) is 4. The lowest BCUT2D eigenvalue weighted by Gasteiger charge is -2.30. The Hall–Kier alpha value is -2.44. The van der Waals surface area contributed by atoms with Gasteiger partial charge in [0.2, 0.25) is 0 Å². The Balaban J connectivity index is 1.87. The van der Waals surface area contributed by atoms with Gasteiger partial charge >= 0.3 is 5.97 Å². The SMILES string of the molecule is CC1(C)CC(=O)c2cc(C(=O)N[C@H]3CCCCC[C@H]3C(=O)O)c(=O)[nH]c2C1. The average molecular weight is 374 g/mol. The minimum atomic E-state index is -0.932. The summed E-state index contributed by atoms with van der Waals surface area (Å²) in [6, 6.07) is 0.857. The standard InChI is InChI=1S/C20H26N2O5/c1-20(2)9-15-12(16(23)10-20)8-13(18(25)22-15)17(24)21-14-7-5-3-4-6-11(14)19(26)27/h8,11,14H,3-7,9-10H2,1-2H3,(H,21,24)(H,22,25)(H,26,27)/t11-,14+/m1/s1. The first-order valence-corrected chi connectivity index (χ1v) is 9.51. The molecule has 27 heavy (non-hydrogen) atoms. The number of Topliss-reactive ketones (excluding diaryl/α,β-unsaturated/α-hetero) is 1. The number of carbonyl (C=O) groups is 3. The predicted molar refractivity (Wildman–Crippen MR) is 99.0 cm³/mol. The number of nitrogens with one attached hydrogen (secondary N) is 2. The van der Waals surface area contributed by atoms with Crippen molar-refractivity contribution in [3.8, 4) is 0 Å². The molecule has 0 spiro atoms. The van der Waals surface area contributed by atoms with E-state index < -0.39 is 29.4 Å². The van der Waals surface area contributed by atoms with Crippen molar-refractivity contribution in [2.45, 2.75) is 64.8 Å². The predicted octanol–water partition coefficient (Wildman–Crippen LogP) is 2.29. The van der Waals surface area contributed by atoms with Crippen LogP contribution in [0.4, 0.5) is 0 Å². The summed E-state index contributed by atoms with van der Waals surface area (Å²) in [4.78, 5) is 51.8. The maximum atomic E-state index is 12.7. The van der Waals surface area contributed by atoms with Crippen molar-refractivity contribution < 1.29 is 19.5 Å². The van der Waals surface area contributed by atoms with Crippen LogP contribution in [0.5, 0.6) is 0 Å². The Bertz CT molecular complexity index is 839. The van der Waals surface area contributed by atoms with Gasteiger partial charge in [0.1, 0.15) is 5.56 Å². The highest BCUT2D eigenvalue weighted by Gasteiger charge is 2.34. The lowest BCUT2D eigenvalue weighted by molar-refractivity contribution is -0.142. The first-order chi connectivity index (χ1) is 12.7. The summed E-state index contributed by atoms with van der Waals surface area (Å²) >= 11 is 0. The molecule has 2 aliphatic carbocycles. The Morgan fingerprint density at radius 1 is 1.15 bits per heavy atom. The molecule has 7 nitrogen and oxygen atoms in total. The quantitative estimate of drug-likeness (QED) is 0.702. The summed E-state index contributed by atoms with van der Waals surface area (Å²) in [6.45, 7) is 3.93. The minimum absolute atomic E-state index is 0.0931. The zero-order valence-corrected chi connectivity index (χ0v) is 15.8. The largest absolute Gasteiger partial charge is 0.481 e. The van der Waals surface area contributed by atoms with Crippen molar-refractivity contribution in [2.24, 2.45) is 11.3 Å². The number of H-pyrrole nitrogens is 1. The van der Waals surface area contributed by atoms with E-state index in [-0.39, 0.29) is 16.8 Å². The topological polar surface area (TPSA) is 116 Å². The number of carboxylic acid groups (broad SMARTS) is 1. The van der Waals surface area contributed by atoms with Gasteiger partial charge in [0.15, 0.2) is 5.78 Å². The van der Waals surface area contributed by atoms with Crippen molar-refractivity contribution in [3.63, 3.8) is 0 Å². The highest BCUT2D eigenvalue weighted by molar-refractivity contribution is 6.02. The summed E-state index contributed by atoms with van der Waals surface area (Å²) in [6.07, 6.45) is 4.58. The van der Waals surface area contributed by atoms with Crippen molar-refractivity contribution in [3.05, 3.63) is 33.2 Å². The molecule has 0 aliphatic heterocycles. The average Bonchev–Trinajstić information content (AvgIpc) is 2.78. The van der Waals surface area contributed by atoms with E-state index in [0.717, 1.165) is 19.3 Å². The maximum Gasteiger partial charge on any atom is 0.308 e. The molecular formula is C20H26N2O5. The van der Waals surface area contributed by atoms with Crippen LogP contribution in [-0.2, 0) is 11.2 Å². The van der Waals surface area contributed by atoms with Gasteiger partial charge in [0.25, 0.3) is 11.5 Å². The van der Waals surface area contributed by atoms with Crippen LogP contribution in [0.25, 0.3) is 0 Å². The molecule has 0 bridgehead atoms. The fraction of sp³-hybridized carbons (Fsp3) is 0.600. The lowest BCUT2D eigenvalue weighted by atomic mass is 9.75. The van der Waals surface area contributed by atoms with Crippen molar-refractivity contribution in [2.75, 3.05) is 0 Å². The van der Waals surface area contributed by atoms with E-state index in [1.165, 1.54) is 6.07 Å². The molecule has 0 aromatic carbocycles. The Labute approximate surface area is 157 Å². The number of ketones is 1. The number of hydrogen-bond donors (Lipinski definition) is 3. The zero-order valence-electron chi connectivity index (χ0n) is 15.8. The summed E-state index contributed by atoms with van der Waals surface area (Å²) in [5, 5.41) is 12.2. The van der Waals surface area contributed by atoms with E-state index in [0.29, 0.717) is 36.9 Å². The van der Waals surface area contributed by atoms with Gasteiger partial charge in [-0.15, -0.1) is 0 Å². The van der Waals surface area contributed by atoms with Gasteiger partial charge in [-0.25, -0.2) is 0 Å². The molecule has 1 amide bonds. The van der Waals surface area contributed by atoms with Gasteiger partial charge in [-0.05, 0) is 30.7 Å². The van der Waals surface area contributed by atoms with E-state index in [1.807, 2.05) is 13.8 Å². The van der Waals surface area contributed by atoms with E-state index in [9.17, 15) is 24.3 Å². The first-order valence-electron chi connectivity index (χ1n) is 9.51. The number of aromatic amines is 1. The van der Waals surface area contributed by atoms with Crippen molar-refractivity contribution in [1.82, 2.24) is 10.3 Å². The number of aromatic nitrogens is 1. The maximum absolute atomic E-state index is 12.7. The number of fused-ring (bicyclic) bond motifs is 1. The summed E-state index contributed by atoms with van der Waals surface area (Å²) in [7, 11) is 0. The number of aliphatic carboxylic acids is 1. The van der Waals surface area contributed by atoms with E-state index >= 15 is 0 Å². The molecule has 0 saturated heterocycles. The molecule has 3 rings (SSSR count). The number of carbonyl (C=O) groups excluding carboxylic acids is 2. The Kier molecular flexibility index (Phi) is 5.22. The highest BCUT2D eigenvalue weighted by atomic mass is 16.4. The van der Waals surface area contributed by atoms with Crippen molar-refractivity contribution in [1.29, 1.82) is 0 Å². The number of pyridine rings is 1. The molecule has 146 valence electrons. The van der Waals surface area contributed by atoms with E-state index in [1.54, 1.807) is 0 Å². The first kappa shape index (κ1) is 19.3. The number of rotatable bonds is 3. The van der Waals surface area contributed by atoms with Gasteiger partial charge in [-0.1, -0.05) is 33.1 Å². The smallest absolute Gasteiger partial charge is 0.308 e. The van der Waals surface area contributed by atoms with Crippen molar-refractivity contribution >= 4 is 17.7 Å². The molecule has 1 aromatic rings. The van der Waals surface area contributed by atoms with E-state index in [2.05, 4.69) is 10.3 Å². The molecule has 0 unspecified atom stereocenters. The third-order valence-electron chi connectivity index (χ3n) is 5.61. The summed E-state index contributed by atoms with van der Waals surface area (Å²) in [5.41, 5.74) is 0.0455. The molecule has 2 atom stereocenters. The molecule has 1 heterocycles. The lowest BCUT2D eigenvalue weighted by Crippen LogP contribution is -2.44. The molecule has 1 saturated carbocycles. The van der Waals surface area contributed by atoms with Gasteiger partial charge in [0, 0.05) is 23.7 Å². The minimum Gasteiger partial charge on any atom is -0.481 e. The van der Waals surface area contributed by atoms with Crippen LogP contribution < -0.4 is 10.9 Å². The Morgan fingerprint density at radius 3 is 2.56 bits per heavy atom. The molecule has 1 aromatic heterocycles. The monoisotopic (exact) mass is 374 g/mol. The molecule has 1 fully saturated rings. The van der Waals surface area contributed by atoms with Crippen LogP contribution >= 0.6 is 0 Å². The van der Waals surface area contributed by atoms with Gasteiger partial charge in [0.05, 0.1) is 5.92 Å². The fourth-order valence-corrected chi connectivity index (χ4v) is 4.22. The molecule has 0 radical (unpaired) electrons. The normalized spacial score (nSPS) is 24.6. The van der Waals surface area contributed by atoms with Crippen LogP contribution in [0.15, 0.2) is 10.9 Å². The van der Waals surface area contributed by atoms with Crippen LogP contribution in [0.2, 0.25) is 0 Å². The second-order valence-corrected chi connectivity index (χ2v) is 8.51. The summed E-state index contributed by atoms with van der Waals surface area (Å²) < 4.78 is 0. The zero-order chi connectivity index (χ0) is 19.8. The van der Waals surface area contributed by atoms with Crippen LogP contribution in [0.3, 0.4) is 0 Å². The van der Waals surface area contributed by atoms with Crippen LogP contribution in [0.1, 0.15) is 78.8 Å². The molecule has 2 aliphatic rings. The number of carboxylic acids is 1. The van der Waals surface area contributed by atoms with E-state index in [4.69, 9.17) is 0 Å². The van der Waals surface area contributed by atoms with Crippen LogP contribution in [0, 0.1) is 11.3 Å². The van der Waals surface area contributed by atoms with Gasteiger partial charge in [-0.3, -0.25) is 19.2 Å². The molecule has 7 heteroatoms. The third kappa shape index (κ3) is 4.12. The second-order valence-electron chi connectivity index (χ2n) is 8.51.